The lowest BCUT2D eigenvalue weighted by molar-refractivity contribution is -0.122. The summed E-state index contributed by atoms with van der Waals surface area (Å²) in [6.07, 6.45) is 1.19. The highest BCUT2D eigenvalue weighted by atomic mass is 79.9. The molecule has 10 aromatic rings. The van der Waals surface area contributed by atoms with Crippen molar-refractivity contribution in [3.05, 3.63) is 221 Å². The Morgan fingerprint density at radius 2 is 0.929 bits per heavy atom. The van der Waals surface area contributed by atoms with Crippen LogP contribution in [-0.2, 0) is 41.8 Å². The van der Waals surface area contributed by atoms with Crippen molar-refractivity contribution in [3.63, 3.8) is 0 Å². The van der Waals surface area contributed by atoms with Crippen LogP contribution in [0.1, 0.15) is 129 Å². The molecular formula is C94H99BrCl2F4N12O14. The highest BCUT2D eigenvalue weighted by molar-refractivity contribution is 9.09. The van der Waals surface area contributed by atoms with E-state index in [4.69, 9.17) is 51.6 Å². The number of fused-ring (bicyclic) bond motifs is 10. The number of pyridine rings is 4. The number of likely N-dealkylation sites (tertiary alicyclic amines) is 2. The lowest BCUT2D eigenvalue weighted by Crippen LogP contribution is -2.72. The number of hydrogen-bond acceptors (Lipinski definition) is 18. The summed E-state index contributed by atoms with van der Waals surface area (Å²) in [6, 6.07) is 29.7. The van der Waals surface area contributed by atoms with Crippen LogP contribution >= 0.6 is 39.1 Å². The summed E-state index contributed by atoms with van der Waals surface area (Å²) >= 11 is 17.3. The summed E-state index contributed by atoms with van der Waals surface area (Å²) in [5.74, 6) is -4.93. The van der Waals surface area contributed by atoms with E-state index in [1.54, 1.807) is 108 Å². The van der Waals surface area contributed by atoms with E-state index >= 15 is 27.2 Å². The molecule has 6 aliphatic rings. The molecule has 0 radical (unpaired) electrons. The molecule has 0 aliphatic carbocycles. The molecule has 0 saturated carbocycles. The molecule has 668 valence electrons. The van der Waals surface area contributed by atoms with E-state index in [1.165, 1.54) is 91.5 Å². The van der Waals surface area contributed by atoms with Gasteiger partial charge in [-0.3, -0.25) is 43.2 Å². The van der Waals surface area contributed by atoms with Crippen LogP contribution in [0.25, 0.3) is 55.4 Å². The van der Waals surface area contributed by atoms with Gasteiger partial charge in [-0.1, -0.05) is 140 Å². The quantitative estimate of drug-likeness (QED) is 0.0639. The van der Waals surface area contributed by atoms with E-state index in [-0.39, 0.29) is 158 Å². The van der Waals surface area contributed by atoms with Gasteiger partial charge in [-0.05, 0) is 152 Å². The van der Waals surface area contributed by atoms with Crippen LogP contribution in [0.2, 0.25) is 10.0 Å². The van der Waals surface area contributed by atoms with Crippen LogP contribution in [0.15, 0.2) is 143 Å². The molecule has 0 unspecified atom stereocenters. The molecule has 16 rings (SSSR count). The van der Waals surface area contributed by atoms with Crippen molar-refractivity contribution in [1.82, 2.24) is 38.7 Å². The second-order valence-electron chi connectivity index (χ2n) is 34.9. The van der Waals surface area contributed by atoms with Crippen LogP contribution in [-0.4, -0.2) is 188 Å². The zero-order chi connectivity index (χ0) is 91.6. The first-order valence-electron chi connectivity index (χ1n) is 41.7. The molecule has 4 atom stereocenters. The molecule has 33 heteroatoms. The van der Waals surface area contributed by atoms with Gasteiger partial charge in [-0.2, -0.15) is 0 Å². The molecule has 26 nitrogen and oxygen atoms in total. The third-order valence-electron chi connectivity index (χ3n) is 23.0. The molecule has 4 fully saturated rings. The molecular weight excluding hydrogens is 1750 g/mol. The molecule has 10 heterocycles. The highest BCUT2D eigenvalue weighted by Crippen LogP contribution is 2.52. The lowest BCUT2D eigenvalue weighted by atomic mass is 9.93. The number of carbonyl (C=O) groups excluding carboxylic acids is 6. The second-order valence-corrected chi connectivity index (χ2v) is 37.0. The van der Waals surface area contributed by atoms with E-state index in [1.807, 2.05) is 88.4 Å². The number of nitrogens with zero attached hydrogens (tertiary/aromatic N) is 11. The zero-order valence-corrected chi connectivity index (χ0v) is 76.3. The first-order valence-corrected chi connectivity index (χ1v) is 43.4. The Balaban J connectivity index is 0.000000180. The molecule has 6 amide bonds. The monoisotopic (exact) mass is 1840 g/mol. The van der Waals surface area contributed by atoms with Crippen molar-refractivity contribution in [2.24, 2.45) is 0 Å². The number of carbonyl (C=O) groups is 6. The number of aryl methyl sites for hydroxylation is 2. The van der Waals surface area contributed by atoms with Crippen LogP contribution < -0.4 is 40.6 Å². The number of anilines is 4. The summed E-state index contributed by atoms with van der Waals surface area (Å²) < 4.78 is 103. The number of benzene rings is 6. The van der Waals surface area contributed by atoms with Gasteiger partial charge in [0.2, 0.25) is 5.91 Å². The molecule has 127 heavy (non-hydrogen) atoms. The van der Waals surface area contributed by atoms with E-state index in [2.05, 4.69) is 31.2 Å². The van der Waals surface area contributed by atoms with Crippen molar-refractivity contribution in [2.75, 3.05) is 86.6 Å². The van der Waals surface area contributed by atoms with Crippen molar-refractivity contribution in [3.8, 4) is 45.1 Å². The van der Waals surface area contributed by atoms with Crippen molar-refractivity contribution >= 4 is 120 Å². The minimum absolute atomic E-state index is 0.0134. The maximum atomic E-state index is 18.1. The lowest BCUT2D eigenvalue weighted by Gasteiger charge is -2.53. The number of alkyl halides is 1. The van der Waals surface area contributed by atoms with Crippen molar-refractivity contribution in [1.29, 1.82) is 0 Å². The number of ether oxygens (including phenoxy) is 6. The van der Waals surface area contributed by atoms with Gasteiger partial charge in [-0.25, -0.2) is 36.7 Å². The first-order chi connectivity index (χ1) is 60.2. The maximum Gasteiger partial charge on any atom is 0.410 e. The Morgan fingerprint density at radius 1 is 0.512 bits per heavy atom. The standard InChI is InChI=1S/C47H49ClF2N6O7.C36H38ClF2N5O5.C11H12BrNO2/c1-25(2)38-39(26(3)17-18-51-38)56-40-30(19-31(48)35(37(40)50)36-32(49)15-12-16-34(36)61-8)41-42(44(56)58)55(29-21-52(22-29)45(59)62-24-28-13-10-9-11-14-28)43(57)33-23-53(27(4)20-54(33)41)46(60)63-47(5,6)7;1-17(2)28-30(18(3)12-13-40-28)44-31-20(14-21(37)25(27(31)39)26-22(38)10-9-11-24(26)48-8)32-29(34(44)46)41-33(45)23-16-42(19(4)15-43(23)32)35(47)49-36(5,6)7;12-10-6-13(7-10)11(14)15-8-9-4-2-1-3-5-9/h9-19,25,27,29,33H,20-24H2,1-8H3;9-14,17,19,23H,15-16H2,1-8H3,(H,41,45);1-5,10H,6-8H2/t27-,33-;19-,23-;/m11./s1. The molecule has 4 saturated heterocycles. The van der Waals surface area contributed by atoms with Gasteiger partial charge in [0, 0.05) is 85.6 Å². The minimum atomic E-state index is -1.07. The van der Waals surface area contributed by atoms with E-state index in [9.17, 15) is 28.8 Å². The molecule has 0 spiro atoms. The van der Waals surface area contributed by atoms with Gasteiger partial charge < -0.3 is 63.1 Å². The number of aromatic nitrogens is 4. The normalized spacial score (nSPS) is 17.5. The average molecular weight is 1850 g/mol. The van der Waals surface area contributed by atoms with Gasteiger partial charge in [-0.15, -0.1) is 0 Å². The molecule has 1 N–H and O–H groups in total. The number of hydrogen-bond donors (Lipinski definition) is 1. The molecule has 4 aromatic heterocycles. The number of nitrogens with one attached hydrogen (secondary N) is 1. The van der Waals surface area contributed by atoms with Crippen LogP contribution in [0, 0.1) is 37.1 Å². The largest absolute Gasteiger partial charge is 0.496 e. The van der Waals surface area contributed by atoms with Gasteiger partial charge in [0.05, 0.1) is 105 Å². The van der Waals surface area contributed by atoms with Crippen LogP contribution in [0.3, 0.4) is 0 Å². The summed E-state index contributed by atoms with van der Waals surface area (Å²) in [4.78, 5) is 132. The minimum Gasteiger partial charge on any atom is -0.496 e. The number of piperazine rings is 2. The van der Waals surface area contributed by atoms with E-state index in [0.29, 0.717) is 39.6 Å². The zero-order valence-electron chi connectivity index (χ0n) is 73.2. The Morgan fingerprint density at radius 3 is 1.35 bits per heavy atom. The van der Waals surface area contributed by atoms with Crippen LogP contribution in [0.4, 0.5) is 59.5 Å². The number of halogens is 7. The third-order valence-corrected chi connectivity index (χ3v) is 24.2. The highest BCUT2D eigenvalue weighted by Gasteiger charge is 2.53. The Hall–Kier alpha value is -12.0. The number of amides is 6. The SMILES string of the molecule is COc1cccc(F)c1-c1c(Cl)cc2c3c(c(=O)n(-c4c(C)ccnc4C(C)C)c2c1F)N(C1CN(C(=O)OCc2ccccc2)C1)C(=O)[C@H]1CN(C(=O)OC(C)(C)C)[C@H](C)CN31.COc1cccc(F)c1-c1c(Cl)cc2c3c(c(=O)n(-c4c(C)ccnc4C(C)C)c2c1F)NC(=O)[C@H]1CN(C(=O)OC(C)(C)C)[C@H](C)CN31.O=C(OCc1ccccc1)N1CC(Br)C1. The van der Waals surface area contributed by atoms with E-state index < -0.39 is 106 Å². The third kappa shape index (κ3) is 17.7. The Bertz CT molecular complexity index is 6140. The molecule has 6 aliphatic heterocycles. The predicted molar refractivity (Wildman–Crippen MR) is 482 cm³/mol. The summed E-state index contributed by atoms with van der Waals surface area (Å²) in [5.41, 5.74) is 0.441. The maximum absolute atomic E-state index is 18.1. The average Bonchev–Trinajstić information content (AvgIpc) is 0.696. The van der Waals surface area contributed by atoms with Crippen molar-refractivity contribution < 1.29 is 74.8 Å². The topological polar surface area (TPSA) is 262 Å². The predicted octanol–water partition coefficient (Wildman–Crippen LogP) is 18.2. The summed E-state index contributed by atoms with van der Waals surface area (Å²) in [7, 11) is 2.67. The van der Waals surface area contributed by atoms with E-state index in [0.717, 1.165) is 24.2 Å². The fourth-order valence-electron chi connectivity index (χ4n) is 16.9. The van der Waals surface area contributed by atoms with Gasteiger partial charge in [0.1, 0.15) is 71.0 Å². The van der Waals surface area contributed by atoms with Crippen LogP contribution in [0.5, 0.6) is 11.5 Å². The second kappa shape index (κ2) is 36.4. The van der Waals surface area contributed by atoms with Gasteiger partial charge >= 0.3 is 24.4 Å². The van der Waals surface area contributed by atoms with Crippen molar-refractivity contribution in [2.45, 2.75) is 168 Å². The number of rotatable bonds is 13. The fourth-order valence-corrected chi connectivity index (χ4v) is 18.2. The Kier molecular flexibility index (Phi) is 26.2. The Labute approximate surface area is 750 Å². The molecule has 6 aromatic carbocycles. The first kappa shape index (κ1) is 91.3. The number of methoxy groups -OCH3 is 2. The molecule has 0 bridgehead atoms. The van der Waals surface area contributed by atoms with Gasteiger partial charge in [0.25, 0.3) is 17.0 Å². The summed E-state index contributed by atoms with van der Waals surface area (Å²) in [5, 5.41) is 2.82. The summed E-state index contributed by atoms with van der Waals surface area (Å²) in [6.45, 7) is 27.1. The fraction of sp³-hybridized carbons (Fsp3) is 0.383. The van der Waals surface area contributed by atoms with Gasteiger partial charge in [0.15, 0.2) is 11.6 Å². The smallest absolute Gasteiger partial charge is 0.410 e.